The van der Waals surface area contributed by atoms with Gasteiger partial charge in [0.25, 0.3) is 0 Å². The lowest BCUT2D eigenvalue weighted by atomic mass is 9.86. The van der Waals surface area contributed by atoms with Gasteiger partial charge >= 0.3 is 0 Å². The highest BCUT2D eigenvalue weighted by atomic mass is 14.9. The summed E-state index contributed by atoms with van der Waals surface area (Å²) in [5.41, 5.74) is 8.40. The molecule has 0 bridgehead atoms. The van der Waals surface area contributed by atoms with Gasteiger partial charge in [0.15, 0.2) is 0 Å². The van der Waals surface area contributed by atoms with Crippen molar-refractivity contribution in [1.29, 1.82) is 0 Å². The SMILES string of the molecule is CCCC(N)c1nc(C(C)(C)C)cc(C(C)(C)C)n1. The van der Waals surface area contributed by atoms with E-state index >= 15 is 0 Å². The van der Waals surface area contributed by atoms with E-state index < -0.39 is 0 Å². The van der Waals surface area contributed by atoms with Crippen molar-refractivity contribution in [2.45, 2.75) is 78.2 Å². The average molecular weight is 263 g/mol. The van der Waals surface area contributed by atoms with Gasteiger partial charge in [0.2, 0.25) is 0 Å². The van der Waals surface area contributed by atoms with Gasteiger partial charge in [-0.3, -0.25) is 0 Å². The first kappa shape index (κ1) is 16.1. The number of hydrogen-bond donors (Lipinski definition) is 1. The average Bonchev–Trinajstić information content (AvgIpc) is 2.26. The predicted molar refractivity (Wildman–Crippen MR) is 81.3 cm³/mol. The van der Waals surface area contributed by atoms with Gasteiger partial charge in [0, 0.05) is 22.2 Å². The van der Waals surface area contributed by atoms with Gasteiger partial charge in [-0.25, -0.2) is 9.97 Å². The van der Waals surface area contributed by atoms with E-state index in [1.807, 2.05) is 0 Å². The van der Waals surface area contributed by atoms with Crippen LogP contribution in [0.4, 0.5) is 0 Å². The van der Waals surface area contributed by atoms with E-state index in [0.717, 1.165) is 30.1 Å². The molecule has 2 N–H and O–H groups in total. The van der Waals surface area contributed by atoms with Gasteiger partial charge in [0.05, 0.1) is 6.04 Å². The maximum atomic E-state index is 6.20. The molecule has 19 heavy (non-hydrogen) atoms. The normalized spacial score (nSPS) is 14.5. The third-order valence-corrected chi connectivity index (χ3v) is 3.21. The fourth-order valence-electron chi connectivity index (χ4n) is 1.84. The highest BCUT2D eigenvalue weighted by Crippen LogP contribution is 2.27. The third kappa shape index (κ3) is 4.27. The molecule has 1 aromatic heterocycles. The molecule has 0 fully saturated rings. The second-order valence-corrected chi connectivity index (χ2v) is 7.39. The van der Waals surface area contributed by atoms with Crippen molar-refractivity contribution >= 4 is 0 Å². The lowest BCUT2D eigenvalue weighted by Gasteiger charge is -2.25. The Balaban J connectivity index is 3.33. The molecule has 0 amide bonds. The van der Waals surface area contributed by atoms with Gasteiger partial charge in [-0.05, 0) is 12.5 Å². The van der Waals surface area contributed by atoms with E-state index in [-0.39, 0.29) is 16.9 Å². The summed E-state index contributed by atoms with van der Waals surface area (Å²) in [4.78, 5) is 9.40. The predicted octanol–water partition coefficient (Wildman–Crippen LogP) is 3.87. The van der Waals surface area contributed by atoms with Crippen LogP contribution in [-0.4, -0.2) is 9.97 Å². The molecule has 0 saturated carbocycles. The Morgan fingerprint density at radius 2 is 1.42 bits per heavy atom. The van der Waals surface area contributed by atoms with E-state index in [9.17, 15) is 0 Å². The van der Waals surface area contributed by atoms with E-state index in [0.29, 0.717) is 0 Å². The second kappa shape index (κ2) is 5.58. The summed E-state index contributed by atoms with van der Waals surface area (Å²) in [7, 11) is 0. The summed E-state index contributed by atoms with van der Waals surface area (Å²) in [6.45, 7) is 15.2. The molecule has 1 aromatic rings. The van der Waals surface area contributed by atoms with E-state index in [2.05, 4.69) is 54.5 Å². The maximum Gasteiger partial charge on any atom is 0.145 e. The smallest absolute Gasteiger partial charge is 0.145 e. The van der Waals surface area contributed by atoms with Crippen molar-refractivity contribution in [3.05, 3.63) is 23.3 Å². The highest BCUT2D eigenvalue weighted by Gasteiger charge is 2.24. The molecule has 1 atom stereocenters. The van der Waals surface area contributed by atoms with Crippen LogP contribution in [0.5, 0.6) is 0 Å². The molecule has 3 nitrogen and oxygen atoms in total. The molecule has 108 valence electrons. The van der Waals surface area contributed by atoms with Crippen LogP contribution in [0.1, 0.15) is 84.6 Å². The number of aromatic nitrogens is 2. The fraction of sp³-hybridized carbons (Fsp3) is 0.750. The number of rotatable bonds is 3. The number of nitrogens with two attached hydrogens (primary N) is 1. The van der Waals surface area contributed by atoms with Crippen molar-refractivity contribution < 1.29 is 0 Å². The number of nitrogens with zero attached hydrogens (tertiary/aromatic N) is 2. The maximum absolute atomic E-state index is 6.20. The summed E-state index contributed by atoms with van der Waals surface area (Å²) < 4.78 is 0. The van der Waals surface area contributed by atoms with Gasteiger partial charge < -0.3 is 5.73 Å². The zero-order valence-electron chi connectivity index (χ0n) is 13.5. The molecule has 0 aliphatic rings. The summed E-state index contributed by atoms with van der Waals surface area (Å²) in [5.74, 6) is 0.791. The first-order chi connectivity index (χ1) is 8.55. The van der Waals surface area contributed by atoms with Gasteiger partial charge in [0.1, 0.15) is 5.82 Å². The molecule has 0 aliphatic carbocycles. The molecule has 1 heterocycles. The molecular formula is C16H29N3. The van der Waals surface area contributed by atoms with Gasteiger partial charge in [-0.1, -0.05) is 54.9 Å². The minimum atomic E-state index is -0.0617. The molecule has 0 saturated heterocycles. The van der Waals surface area contributed by atoms with Gasteiger partial charge in [-0.15, -0.1) is 0 Å². The minimum Gasteiger partial charge on any atom is -0.321 e. The van der Waals surface area contributed by atoms with Crippen LogP contribution in [0.3, 0.4) is 0 Å². The van der Waals surface area contributed by atoms with Crippen LogP contribution in [0.15, 0.2) is 6.07 Å². The summed E-state index contributed by atoms with van der Waals surface area (Å²) in [5, 5.41) is 0. The summed E-state index contributed by atoms with van der Waals surface area (Å²) >= 11 is 0. The molecule has 0 radical (unpaired) electrons. The molecule has 0 spiro atoms. The van der Waals surface area contributed by atoms with Crippen molar-refractivity contribution in [2.24, 2.45) is 5.73 Å². The Morgan fingerprint density at radius 3 is 1.74 bits per heavy atom. The Kier molecular flexibility index (Phi) is 4.72. The van der Waals surface area contributed by atoms with Crippen molar-refractivity contribution in [3.63, 3.8) is 0 Å². The van der Waals surface area contributed by atoms with Crippen LogP contribution in [-0.2, 0) is 10.8 Å². The monoisotopic (exact) mass is 263 g/mol. The van der Waals surface area contributed by atoms with Crippen molar-refractivity contribution in [2.75, 3.05) is 0 Å². The zero-order chi connectivity index (χ0) is 14.8. The van der Waals surface area contributed by atoms with Crippen LogP contribution in [0.2, 0.25) is 0 Å². The molecule has 3 heteroatoms. The molecule has 0 aromatic carbocycles. The molecule has 1 rings (SSSR count). The lowest BCUT2D eigenvalue weighted by molar-refractivity contribution is 0.511. The first-order valence-electron chi connectivity index (χ1n) is 7.21. The quantitative estimate of drug-likeness (QED) is 0.900. The standard InChI is InChI=1S/C16H29N3/c1-8-9-11(17)14-18-12(15(2,3)4)10-13(19-14)16(5,6)7/h10-11H,8-9,17H2,1-7H3. The van der Waals surface area contributed by atoms with E-state index in [1.165, 1.54) is 0 Å². The highest BCUT2D eigenvalue weighted by molar-refractivity contribution is 5.23. The van der Waals surface area contributed by atoms with E-state index in [1.54, 1.807) is 0 Å². The minimum absolute atomic E-state index is 0.0175. The Bertz CT molecular complexity index is 392. The summed E-state index contributed by atoms with van der Waals surface area (Å²) in [6, 6.07) is 2.07. The van der Waals surface area contributed by atoms with Crippen LogP contribution < -0.4 is 5.73 Å². The lowest BCUT2D eigenvalue weighted by Crippen LogP contribution is -2.24. The van der Waals surface area contributed by atoms with Gasteiger partial charge in [-0.2, -0.15) is 0 Å². The van der Waals surface area contributed by atoms with Crippen molar-refractivity contribution in [3.8, 4) is 0 Å². The largest absolute Gasteiger partial charge is 0.321 e. The molecule has 0 aliphatic heterocycles. The van der Waals surface area contributed by atoms with Crippen LogP contribution in [0, 0.1) is 0 Å². The third-order valence-electron chi connectivity index (χ3n) is 3.21. The zero-order valence-corrected chi connectivity index (χ0v) is 13.5. The van der Waals surface area contributed by atoms with Crippen LogP contribution in [0.25, 0.3) is 0 Å². The van der Waals surface area contributed by atoms with Crippen molar-refractivity contribution in [1.82, 2.24) is 9.97 Å². The topological polar surface area (TPSA) is 51.8 Å². The molecular weight excluding hydrogens is 234 g/mol. The Hall–Kier alpha value is -0.960. The van der Waals surface area contributed by atoms with Crippen LogP contribution >= 0.6 is 0 Å². The molecule has 1 unspecified atom stereocenters. The number of hydrogen-bond acceptors (Lipinski definition) is 3. The summed E-state index contributed by atoms with van der Waals surface area (Å²) in [6.07, 6.45) is 1.98. The first-order valence-corrected chi connectivity index (χ1v) is 7.21. The second-order valence-electron chi connectivity index (χ2n) is 7.39. The Morgan fingerprint density at radius 1 is 1.00 bits per heavy atom. The Labute approximate surface area is 118 Å². The fourth-order valence-corrected chi connectivity index (χ4v) is 1.84. The van der Waals surface area contributed by atoms with E-state index in [4.69, 9.17) is 15.7 Å².